The van der Waals surface area contributed by atoms with Crippen LogP contribution in [0.25, 0.3) is 0 Å². The smallest absolute Gasteiger partial charge is 0.264 e. The maximum Gasteiger partial charge on any atom is 0.264 e. The Balaban J connectivity index is 2.05. The molecule has 2 rings (SSSR count). The standard InChI is InChI=1S/C11H12F2N2O4S/c12-7-3-4-10(8(13)6-7)20(17,18)15-14-11(16)9-2-1-5-19-9/h3-4,6,9,15H,1-2,5H2,(H,14,16). The molecule has 1 saturated heterocycles. The summed E-state index contributed by atoms with van der Waals surface area (Å²) in [5.74, 6) is -2.80. The van der Waals surface area contributed by atoms with Crippen LogP contribution >= 0.6 is 0 Å². The molecule has 0 bridgehead atoms. The van der Waals surface area contributed by atoms with Crippen molar-refractivity contribution in [2.45, 2.75) is 23.8 Å². The minimum Gasteiger partial charge on any atom is -0.368 e. The second kappa shape index (κ2) is 5.81. The van der Waals surface area contributed by atoms with Gasteiger partial charge in [-0.25, -0.2) is 17.2 Å². The Morgan fingerprint density at radius 2 is 2.10 bits per heavy atom. The van der Waals surface area contributed by atoms with Gasteiger partial charge in [-0.3, -0.25) is 10.2 Å². The van der Waals surface area contributed by atoms with E-state index in [2.05, 4.69) is 0 Å². The van der Waals surface area contributed by atoms with Crippen LogP contribution in [-0.2, 0) is 19.6 Å². The number of carbonyl (C=O) groups excluding carboxylic acids is 1. The lowest BCUT2D eigenvalue weighted by Gasteiger charge is -2.12. The highest BCUT2D eigenvalue weighted by atomic mass is 32.2. The average Bonchev–Trinajstić information content (AvgIpc) is 2.89. The Labute approximate surface area is 114 Å². The average molecular weight is 306 g/mol. The van der Waals surface area contributed by atoms with Gasteiger partial charge in [-0.15, -0.1) is 4.83 Å². The molecule has 20 heavy (non-hydrogen) atoms. The quantitative estimate of drug-likeness (QED) is 0.791. The van der Waals surface area contributed by atoms with Gasteiger partial charge >= 0.3 is 0 Å². The summed E-state index contributed by atoms with van der Waals surface area (Å²) in [4.78, 5) is 12.5. The molecule has 0 aromatic heterocycles. The molecule has 0 saturated carbocycles. The molecule has 9 heteroatoms. The highest BCUT2D eigenvalue weighted by molar-refractivity contribution is 7.89. The van der Waals surface area contributed by atoms with Crippen LogP contribution in [0.2, 0.25) is 0 Å². The van der Waals surface area contributed by atoms with Crippen molar-refractivity contribution in [3.8, 4) is 0 Å². The van der Waals surface area contributed by atoms with E-state index >= 15 is 0 Å². The maximum atomic E-state index is 13.4. The Hall–Kier alpha value is -1.58. The molecule has 1 amide bonds. The van der Waals surface area contributed by atoms with Crippen LogP contribution in [0.1, 0.15) is 12.8 Å². The van der Waals surface area contributed by atoms with Crippen LogP contribution < -0.4 is 10.3 Å². The Morgan fingerprint density at radius 1 is 1.35 bits per heavy atom. The maximum absolute atomic E-state index is 13.4. The number of hydrazine groups is 1. The number of sulfonamides is 1. The predicted octanol–water partition coefficient (Wildman–Crippen LogP) is 0.453. The number of hydrogen-bond donors (Lipinski definition) is 2. The van der Waals surface area contributed by atoms with E-state index in [1.54, 1.807) is 4.83 Å². The van der Waals surface area contributed by atoms with Crippen LogP contribution in [0.15, 0.2) is 23.1 Å². The number of hydrogen-bond acceptors (Lipinski definition) is 4. The van der Waals surface area contributed by atoms with Gasteiger partial charge in [0.15, 0.2) is 0 Å². The zero-order valence-electron chi connectivity index (χ0n) is 10.2. The zero-order valence-corrected chi connectivity index (χ0v) is 11.0. The van der Waals surface area contributed by atoms with E-state index in [1.165, 1.54) is 0 Å². The third-order valence-corrected chi connectivity index (χ3v) is 4.00. The van der Waals surface area contributed by atoms with Gasteiger partial charge in [0.25, 0.3) is 15.9 Å². The van der Waals surface area contributed by atoms with Crippen molar-refractivity contribution in [3.05, 3.63) is 29.8 Å². The van der Waals surface area contributed by atoms with Crippen molar-refractivity contribution in [1.82, 2.24) is 10.3 Å². The van der Waals surface area contributed by atoms with Gasteiger partial charge in [-0.1, -0.05) is 0 Å². The molecule has 1 aromatic rings. The molecule has 1 atom stereocenters. The number of nitrogens with one attached hydrogen (secondary N) is 2. The largest absolute Gasteiger partial charge is 0.368 e. The van der Waals surface area contributed by atoms with Crippen LogP contribution in [0, 0.1) is 11.6 Å². The number of carbonyl (C=O) groups is 1. The Morgan fingerprint density at radius 3 is 2.70 bits per heavy atom. The summed E-state index contributed by atoms with van der Waals surface area (Å²) in [5.41, 5.74) is 1.94. The molecule has 1 unspecified atom stereocenters. The summed E-state index contributed by atoms with van der Waals surface area (Å²) in [6.07, 6.45) is 0.464. The minimum absolute atomic E-state index is 0.428. The second-order valence-electron chi connectivity index (χ2n) is 4.17. The zero-order chi connectivity index (χ0) is 14.8. The summed E-state index contributed by atoms with van der Waals surface area (Å²) in [6, 6.07) is 2.02. The van der Waals surface area contributed by atoms with E-state index in [9.17, 15) is 22.0 Å². The van der Waals surface area contributed by atoms with Gasteiger partial charge in [0.05, 0.1) is 0 Å². The number of benzene rings is 1. The topological polar surface area (TPSA) is 84.5 Å². The molecule has 1 fully saturated rings. The van der Waals surface area contributed by atoms with E-state index < -0.39 is 38.6 Å². The monoisotopic (exact) mass is 306 g/mol. The minimum atomic E-state index is -4.31. The fourth-order valence-electron chi connectivity index (χ4n) is 1.73. The lowest BCUT2D eigenvalue weighted by Crippen LogP contribution is -2.46. The number of amides is 1. The highest BCUT2D eigenvalue weighted by Crippen LogP contribution is 2.15. The summed E-state index contributed by atoms with van der Waals surface area (Å²) in [6.45, 7) is 0.428. The summed E-state index contributed by atoms with van der Waals surface area (Å²) >= 11 is 0. The second-order valence-corrected chi connectivity index (χ2v) is 5.82. The summed E-state index contributed by atoms with van der Waals surface area (Å²) in [7, 11) is -4.31. The van der Waals surface area contributed by atoms with Crippen LogP contribution in [0.3, 0.4) is 0 Å². The lowest BCUT2D eigenvalue weighted by molar-refractivity contribution is -0.130. The lowest BCUT2D eigenvalue weighted by atomic mass is 10.2. The van der Waals surface area contributed by atoms with E-state index in [-0.39, 0.29) is 0 Å². The van der Waals surface area contributed by atoms with E-state index in [1.807, 2.05) is 5.43 Å². The first-order valence-corrected chi connectivity index (χ1v) is 7.27. The first-order valence-electron chi connectivity index (χ1n) is 5.78. The van der Waals surface area contributed by atoms with Gasteiger partial charge in [0.2, 0.25) is 0 Å². The Bertz CT molecular complexity index is 615. The van der Waals surface area contributed by atoms with Gasteiger partial charge in [-0.2, -0.15) is 0 Å². The molecule has 1 heterocycles. The third kappa shape index (κ3) is 3.30. The summed E-state index contributed by atoms with van der Waals surface area (Å²) < 4.78 is 54.7. The van der Waals surface area contributed by atoms with Crippen molar-refractivity contribution < 1.29 is 26.7 Å². The molecule has 1 aliphatic heterocycles. The highest BCUT2D eigenvalue weighted by Gasteiger charge is 2.26. The van der Waals surface area contributed by atoms with Gasteiger partial charge in [0, 0.05) is 12.7 Å². The molecule has 0 spiro atoms. The van der Waals surface area contributed by atoms with E-state index in [4.69, 9.17) is 4.74 Å². The molecule has 110 valence electrons. The third-order valence-electron chi connectivity index (χ3n) is 2.71. The molecular weight excluding hydrogens is 294 g/mol. The number of rotatable bonds is 4. The molecule has 1 aliphatic rings. The van der Waals surface area contributed by atoms with Gasteiger partial charge in [-0.05, 0) is 25.0 Å². The molecule has 2 N–H and O–H groups in total. The summed E-state index contributed by atoms with van der Waals surface area (Å²) in [5, 5.41) is 0. The van der Waals surface area contributed by atoms with E-state index in [0.717, 1.165) is 12.1 Å². The molecule has 0 radical (unpaired) electrons. The first kappa shape index (κ1) is 14.8. The first-order chi connectivity index (χ1) is 9.40. The van der Waals surface area contributed by atoms with Crippen molar-refractivity contribution >= 4 is 15.9 Å². The van der Waals surface area contributed by atoms with Crippen LogP contribution in [0.4, 0.5) is 8.78 Å². The van der Waals surface area contributed by atoms with Crippen molar-refractivity contribution in [3.63, 3.8) is 0 Å². The fraction of sp³-hybridized carbons (Fsp3) is 0.364. The fourth-order valence-corrected chi connectivity index (χ4v) is 2.64. The van der Waals surface area contributed by atoms with Crippen molar-refractivity contribution in [2.24, 2.45) is 0 Å². The normalized spacial score (nSPS) is 19.0. The molecule has 0 aliphatic carbocycles. The van der Waals surface area contributed by atoms with Gasteiger partial charge in [0.1, 0.15) is 22.6 Å². The molecule has 6 nitrogen and oxygen atoms in total. The SMILES string of the molecule is O=C(NNS(=O)(=O)c1ccc(F)cc1F)C1CCCO1. The Kier molecular flexibility index (Phi) is 4.31. The van der Waals surface area contributed by atoms with Crippen molar-refractivity contribution in [1.29, 1.82) is 0 Å². The van der Waals surface area contributed by atoms with Crippen molar-refractivity contribution in [2.75, 3.05) is 6.61 Å². The molecule has 1 aromatic carbocycles. The van der Waals surface area contributed by atoms with Crippen LogP contribution in [0.5, 0.6) is 0 Å². The number of ether oxygens (including phenoxy) is 1. The van der Waals surface area contributed by atoms with Crippen LogP contribution in [-0.4, -0.2) is 27.0 Å². The number of halogens is 2. The van der Waals surface area contributed by atoms with Gasteiger partial charge < -0.3 is 4.74 Å². The molecular formula is C11H12F2N2O4S. The van der Waals surface area contributed by atoms with E-state index in [0.29, 0.717) is 25.5 Å². The predicted molar refractivity (Wildman–Crippen MR) is 63.8 cm³/mol.